The van der Waals surface area contributed by atoms with Crippen molar-refractivity contribution in [3.05, 3.63) is 83.7 Å². The lowest BCUT2D eigenvalue weighted by Crippen LogP contribution is -2.65. The maximum atomic E-state index is 14.1. The molecule has 2 aliphatic rings. The number of nitrogens with one attached hydrogen (secondary N) is 1. The van der Waals surface area contributed by atoms with E-state index < -0.39 is 53.4 Å². The van der Waals surface area contributed by atoms with E-state index in [-0.39, 0.29) is 39.3 Å². The molecule has 1 aliphatic carbocycles. The van der Waals surface area contributed by atoms with Crippen LogP contribution in [0, 0.1) is 11.7 Å². The summed E-state index contributed by atoms with van der Waals surface area (Å²) in [5.41, 5.74) is 0.614. The molecule has 0 aromatic heterocycles. The average Bonchev–Trinajstić information content (AvgIpc) is 3.81. The molecule has 246 valence electrons. The summed E-state index contributed by atoms with van der Waals surface area (Å²) in [6.45, 7) is 5.28. The van der Waals surface area contributed by atoms with Crippen molar-refractivity contribution in [2.24, 2.45) is 5.92 Å². The van der Waals surface area contributed by atoms with Gasteiger partial charge in [0.05, 0.1) is 0 Å². The molecular formula is C36H44FN3O6. The van der Waals surface area contributed by atoms with Crippen molar-refractivity contribution in [3.63, 3.8) is 0 Å². The fourth-order valence-electron chi connectivity index (χ4n) is 5.90. The minimum atomic E-state index is -1.11. The SMILES string of the molecule is C.CC(C)(C)OC(=O)NC(Cc1ccc(F)cc1)C(=O)N1CCN(C(Cc2ccc3ccccc3c2)C(=O)O)C(=O)C1CC1CC1. The zero-order chi connectivity index (χ0) is 32.3. The van der Waals surface area contributed by atoms with Crippen LogP contribution in [0.2, 0.25) is 0 Å². The fraction of sp³-hybridized carbons (Fsp3) is 0.444. The first-order valence-corrected chi connectivity index (χ1v) is 15.4. The van der Waals surface area contributed by atoms with Crippen molar-refractivity contribution >= 4 is 34.6 Å². The second kappa shape index (κ2) is 14.3. The number of carbonyl (C=O) groups is 4. The Hall–Kier alpha value is -4.47. The Morgan fingerprint density at radius 1 is 0.957 bits per heavy atom. The van der Waals surface area contributed by atoms with Crippen LogP contribution in [0.4, 0.5) is 9.18 Å². The van der Waals surface area contributed by atoms with Crippen LogP contribution in [0.25, 0.3) is 10.8 Å². The number of carboxylic acids is 1. The van der Waals surface area contributed by atoms with Crippen LogP contribution in [0.5, 0.6) is 0 Å². The zero-order valence-electron chi connectivity index (χ0n) is 25.9. The molecule has 3 aromatic rings. The van der Waals surface area contributed by atoms with Crippen LogP contribution in [-0.4, -0.2) is 75.6 Å². The first-order valence-electron chi connectivity index (χ1n) is 15.4. The molecule has 2 N–H and O–H groups in total. The second-order valence-corrected chi connectivity index (χ2v) is 13.0. The van der Waals surface area contributed by atoms with E-state index >= 15 is 0 Å². The summed E-state index contributed by atoms with van der Waals surface area (Å²) >= 11 is 0. The van der Waals surface area contributed by atoms with E-state index in [0.29, 0.717) is 12.0 Å². The van der Waals surface area contributed by atoms with Gasteiger partial charge in [-0.2, -0.15) is 0 Å². The molecule has 3 amide bonds. The van der Waals surface area contributed by atoms with Gasteiger partial charge in [-0.1, -0.05) is 74.9 Å². The summed E-state index contributed by atoms with van der Waals surface area (Å²) in [5, 5.41) is 15.0. The van der Waals surface area contributed by atoms with Gasteiger partial charge >= 0.3 is 12.1 Å². The van der Waals surface area contributed by atoms with Crippen molar-refractivity contribution in [2.45, 2.75) is 84.0 Å². The number of rotatable bonds is 10. The molecule has 0 bridgehead atoms. The van der Waals surface area contributed by atoms with Gasteiger partial charge in [-0.05, 0) is 67.1 Å². The van der Waals surface area contributed by atoms with E-state index in [9.17, 15) is 28.7 Å². The van der Waals surface area contributed by atoms with Gasteiger partial charge in [0.1, 0.15) is 29.5 Å². The molecular weight excluding hydrogens is 589 g/mol. The van der Waals surface area contributed by atoms with Crippen molar-refractivity contribution < 1.29 is 33.4 Å². The number of carboxylic acid groups (broad SMARTS) is 1. The van der Waals surface area contributed by atoms with Gasteiger partial charge in [0.2, 0.25) is 11.8 Å². The normalized spacial score (nSPS) is 18.0. The largest absolute Gasteiger partial charge is 0.480 e. The third-order valence-electron chi connectivity index (χ3n) is 8.31. The molecule has 46 heavy (non-hydrogen) atoms. The summed E-state index contributed by atoms with van der Waals surface area (Å²) < 4.78 is 19.0. The Bertz CT molecular complexity index is 1570. The highest BCUT2D eigenvalue weighted by molar-refractivity contribution is 5.94. The average molecular weight is 634 g/mol. The summed E-state index contributed by atoms with van der Waals surface area (Å²) in [7, 11) is 0. The number of nitrogens with zero attached hydrogens (tertiary/aromatic N) is 2. The van der Waals surface area contributed by atoms with Gasteiger partial charge in [-0.15, -0.1) is 0 Å². The highest BCUT2D eigenvalue weighted by Crippen LogP contribution is 2.36. The third-order valence-corrected chi connectivity index (χ3v) is 8.31. The van der Waals surface area contributed by atoms with E-state index in [0.717, 1.165) is 29.2 Å². The Morgan fingerprint density at radius 3 is 2.24 bits per heavy atom. The highest BCUT2D eigenvalue weighted by Gasteiger charge is 2.45. The lowest BCUT2D eigenvalue weighted by atomic mass is 9.96. The summed E-state index contributed by atoms with van der Waals surface area (Å²) in [6, 6.07) is 16.2. The third kappa shape index (κ3) is 8.62. The quantitative estimate of drug-likeness (QED) is 0.301. The number of ether oxygens (including phenoxy) is 1. The van der Waals surface area contributed by atoms with E-state index in [4.69, 9.17) is 4.74 Å². The molecule has 1 saturated heterocycles. The van der Waals surface area contributed by atoms with Crippen molar-refractivity contribution in [3.8, 4) is 0 Å². The first kappa shape index (κ1) is 34.4. The minimum Gasteiger partial charge on any atom is -0.480 e. The Labute approximate surface area is 269 Å². The second-order valence-electron chi connectivity index (χ2n) is 13.0. The van der Waals surface area contributed by atoms with Crippen molar-refractivity contribution in [2.75, 3.05) is 13.1 Å². The summed E-state index contributed by atoms with van der Waals surface area (Å²) in [6.07, 6.45) is 1.68. The molecule has 3 aromatic carbocycles. The maximum Gasteiger partial charge on any atom is 0.408 e. The number of hydrogen-bond donors (Lipinski definition) is 2. The molecule has 3 atom stereocenters. The van der Waals surface area contributed by atoms with Crippen LogP contribution in [0.15, 0.2) is 66.7 Å². The molecule has 0 spiro atoms. The zero-order valence-corrected chi connectivity index (χ0v) is 25.9. The number of amides is 3. The standard InChI is InChI=1S/C35H40FN3O6.CH4/c1-35(2,3)45-34(44)37-28(19-22-11-14-27(36)15-12-22)31(40)38-16-17-39(32(41)29(38)20-23-8-9-23)30(33(42)43)21-24-10-13-25-6-4-5-7-26(25)18-24;/h4-7,10-15,18,23,28-30H,8-9,16-17,19-21H2,1-3H3,(H,37,44)(H,42,43);1H4. The molecule has 1 aliphatic heterocycles. The Kier molecular flexibility index (Phi) is 10.7. The van der Waals surface area contributed by atoms with E-state index in [1.54, 1.807) is 32.9 Å². The number of fused-ring (bicyclic) bond motifs is 1. The molecule has 0 radical (unpaired) electrons. The van der Waals surface area contributed by atoms with Crippen molar-refractivity contribution in [1.29, 1.82) is 0 Å². The number of piperazine rings is 1. The smallest absolute Gasteiger partial charge is 0.408 e. The lowest BCUT2D eigenvalue weighted by Gasteiger charge is -2.44. The van der Waals surface area contributed by atoms with Crippen LogP contribution < -0.4 is 5.32 Å². The van der Waals surface area contributed by atoms with Crippen LogP contribution in [0.3, 0.4) is 0 Å². The first-order chi connectivity index (χ1) is 21.4. The fourth-order valence-corrected chi connectivity index (χ4v) is 5.90. The molecule has 2 fully saturated rings. The van der Waals surface area contributed by atoms with Crippen LogP contribution in [0.1, 0.15) is 58.6 Å². The van der Waals surface area contributed by atoms with Crippen LogP contribution >= 0.6 is 0 Å². The number of benzene rings is 3. The molecule has 3 unspecified atom stereocenters. The number of alkyl carbamates (subject to hydrolysis) is 1. The Morgan fingerprint density at radius 2 is 1.61 bits per heavy atom. The van der Waals surface area contributed by atoms with Gasteiger partial charge in [0, 0.05) is 25.9 Å². The maximum absolute atomic E-state index is 14.1. The van der Waals surface area contributed by atoms with E-state index in [1.807, 2.05) is 42.5 Å². The predicted octanol–water partition coefficient (Wildman–Crippen LogP) is 5.59. The van der Waals surface area contributed by atoms with E-state index in [1.165, 1.54) is 21.9 Å². The summed E-state index contributed by atoms with van der Waals surface area (Å²) in [4.78, 5) is 56.5. The summed E-state index contributed by atoms with van der Waals surface area (Å²) in [5.74, 6) is -2.16. The number of halogens is 1. The molecule has 5 rings (SSSR count). The minimum absolute atomic E-state index is 0. The number of hydrogen-bond acceptors (Lipinski definition) is 5. The molecule has 1 saturated carbocycles. The number of aliphatic carboxylic acids is 1. The lowest BCUT2D eigenvalue weighted by molar-refractivity contribution is -0.161. The van der Waals surface area contributed by atoms with Gasteiger partial charge in [0.25, 0.3) is 0 Å². The molecule has 9 nitrogen and oxygen atoms in total. The molecule has 10 heteroatoms. The van der Waals surface area contributed by atoms with E-state index in [2.05, 4.69) is 5.32 Å². The highest BCUT2D eigenvalue weighted by atomic mass is 19.1. The molecule has 1 heterocycles. The van der Waals surface area contributed by atoms with Crippen molar-refractivity contribution in [1.82, 2.24) is 15.1 Å². The number of carbonyl (C=O) groups excluding carboxylic acids is 3. The predicted molar refractivity (Wildman–Crippen MR) is 174 cm³/mol. The van der Waals surface area contributed by atoms with Gasteiger partial charge in [-0.25, -0.2) is 14.0 Å². The van der Waals surface area contributed by atoms with Gasteiger partial charge in [-0.3, -0.25) is 9.59 Å². The van der Waals surface area contributed by atoms with Crippen LogP contribution in [-0.2, 0) is 32.0 Å². The monoisotopic (exact) mass is 633 g/mol. The topological polar surface area (TPSA) is 116 Å². The van der Waals surface area contributed by atoms with Gasteiger partial charge < -0.3 is 25.0 Å². The van der Waals surface area contributed by atoms with Gasteiger partial charge in [0.15, 0.2) is 0 Å². The Balaban J connectivity index is 0.00000480.